The highest BCUT2D eigenvalue weighted by molar-refractivity contribution is 6.09. The van der Waals surface area contributed by atoms with Crippen LogP contribution in [0.4, 0.5) is 5.82 Å². The second-order valence-electron chi connectivity index (χ2n) is 11.6. The molecule has 1 aromatic carbocycles. The zero-order chi connectivity index (χ0) is 28.7. The molecule has 1 aliphatic heterocycles. The minimum atomic E-state index is -0.204. The summed E-state index contributed by atoms with van der Waals surface area (Å²) in [6.07, 6.45) is 4.01. The number of piperazine rings is 1. The number of fused-ring (bicyclic) bond motifs is 1. The Morgan fingerprint density at radius 3 is 2.40 bits per heavy atom. The van der Waals surface area contributed by atoms with E-state index in [1.165, 1.54) is 0 Å². The molecule has 4 heterocycles. The molecule has 40 heavy (non-hydrogen) atoms. The number of hydrogen-bond donors (Lipinski definition) is 3. The first kappa shape index (κ1) is 27.6. The summed E-state index contributed by atoms with van der Waals surface area (Å²) in [5, 5.41) is 7.51. The van der Waals surface area contributed by atoms with Crippen LogP contribution in [0.1, 0.15) is 66.5 Å². The van der Waals surface area contributed by atoms with E-state index in [1.807, 2.05) is 39.1 Å². The maximum absolute atomic E-state index is 13.7. The lowest BCUT2D eigenvalue weighted by atomic mass is 9.98. The van der Waals surface area contributed by atoms with E-state index in [0.717, 1.165) is 57.8 Å². The number of nitrogens with zero attached hydrogens (tertiary/aromatic N) is 3. The maximum Gasteiger partial charge on any atom is 0.253 e. The summed E-state index contributed by atoms with van der Waals surface area (Å²) in [5.74, 6) is 0.757. The van der Waals surface area contributed by atoms with Gasteiger partial charge in [-0.15, -0.1) is 0 Å². The monoisotopic (exact) mass is 540 g/mol. The number of H-pyrrole nitrogens is 1. The summed E-state index contributed by atoms with van der Waals surface area (Å²) in [4.78, 5) is 36.2. The summed E-state index contributed by atoms with van der Waals surface area (Å²) in [6.45, 7) is 16.5. The van der Waals surface area contributed by atoms with Gasteiger partial charge in [-0.2, -0.15) is 0 Å². The molecule has 5 rings (SSSR count). The Morgan fingerprint density at radius 1 is 1.05 bits per heavy atom. The van der Waals surface area contributed by atoms with Crippen LogP contribution in [0.15, 0.2) is 47.5 Å². The highest BCUT2D eigenvalue weighted by Crippen LogP contribution is 2.33. The second kappa shape index (κ2) is 10.9. The van der Waals surface area contributed by atoms with Crippen molar-refractivity contribution in [3.63, 3.8) is 0 Å². The average molecular weight is 541 g/mol. The van der Waals surface area contributed by atoms with Crippen molar-refractivity contribution in [3.8, 4) is 11.1 Å². The average Bonchev–Trinajstić information content (AvgIpc) is 3.23. The van der Waals surface area contributed by atoms with E-state index in [-0.39, 0.29) is 24.1 Å². The van der Waals surface area contributed by atoms with Crippen LogP contribution in [0.5, 0.6) is 0 Å². The molecule has 1 amide bonds. The number of aromatic nitrogens is 3. The van der Waals surface area contributed by atoms with E-state index < -0.39 is 0 Å². The first-order chi connectivity index (χ1) is 19.0. The minimum Gasteiger partial charge on any atom is -0.354 e. The molecule has 8 nitrogen and oxygen atoms in total. The predicted octanol–water partition coefficient (Wildman–Crippen LogP) is 5.01. The highest BCUT2D eigenvalue weighted by Gasteiger charge is 2.23. The normalized spacial score (nSPS) is 17.6. The molecule has 1 saturated heterocycles. The van der Waals surface area contributed by atoms with Gasteiger partial charge in [0.05, 0.1) is 0 Å². The van der Waals surface area contributed by atoms with Crippen molar-refractivity contribution in [1.82, 2.24) is 25.2 Å². The third-order valence-corrected chi connectivity index (χ3v) is 7.81. The Bertz CT molecular complexity index is 1610. The van der Waals surface area contributed by atoms with E-state index in [1.54, 1.807) is 0 Å². The first-order valence-corrected chi connectivity index (χ1v) is 14.1. The SMILES string of the molecule is Cc1cc(C)c(CNC(=O)c2cc(-c3ccc(N4CC(C)N[C@H](C)C4)nc3)cc3c2c(C)cn3C(C)C)c(=O)[nH]1. The molecule has 3 N–H and O–H groups in total. The number of nitrogens with one attached hydrogen (secondary N) is 3. The third-order valence-electron chi connectivity index (χ3n) is 7.81. The van der Waals surface area contributed by atoms with Crippen molar-refractivity contribution in [1.29, 1.82) is 0 Å². The van der Waals surface area contributed by atoms with Crippen LogP contribution < -0.4 is 21.1 Å². The van der Waals surface area contributed by atoms with Gasteiger partial charge in [-0.25, -0.2) is 4.98 Å². The molecule has 3 aromatic heterocycles. The molecule has 4 aromatic rings. The topological polar surface area (TPSA) is 95.1 Å². The second-order valence-corrected chi connectivity index (χ2v) is 11.6. The van der Waals surface area contributed by atoms with E-state index in [2.05, 4.69) is 77.2 Å². The number of aromatic amines is 1. The number of carbonyl (C=O) groups excluding carboxylic acids is 1. The van der Waals surface area contributed by atoms with Crippen LogP contribution in [-0.2, 0) is 6.54 Å². The van der Waals surface area contributed by atoms with Gasteiger partial charge in [-0.3, -0.25) is 9.59 Å². The van der Waals surface area contributed by atoms with Crippen LogP contribution in [0.25, 0.3) is 22.0 Å². The third kappa shape index (κ3) is 5.41. The van der Waals surface area contributed by atoms with Gasteiger partial charge in [-0.05, 0) is 95.5 Å². The molecular formula is C32H40N6O2. The van der Waals surface area contributed by atoms with E-state index in [0.29, 0.717) is 23.2 Å². The van der Waals surface area contributed by atoms with Crippen LogP contribution in [0.2, 0.25) is 0 Å². The summed E-state index contributed by atoms with van der Waals surface area (Å²) in [7, 11) is 0. The summed E-state index contributed by atoms with van der Waals surface area (Å²) >= 11 is 0. The van der Waals surface area contributed by atoms with Gasteiger partial charge in [0.2, 0.25) is 0 Å². The van der Waals surface area contributed by atoms with Crippen molar-refractivity contribution in [3.05, 3.63) is 81.0 Å². The molecule has 0 spiro atoms. The molecule has 8 heteroatoms. The lowest BCUT2D eigenvalue weighted by Gasteiger charge is -2.36. The molecule has 1 fully saturated rings. The van der Waals surface area contributed by atoms with Crippen molar-refractivity contribution in [2.24, 2.45) is 0 Å². The van der Waals surface area contributed by atoms with Crippen LogP contribution in [0.3, 0.4) is 0 Å². The zero-order valence-corrected chi connectivity index (χ0v) is 24.6. The Labute approximate surface area is 235 Å². The molecule has 0 saturated carbocycles. The van der Waals surface area contributed by atoms with Gasteiger partial charge in [0.25, 0.3) is 11.5 Å². The largest absolute Gasteiger partial charge is 0.354 e. The molecule has 210 valence electrons. The van der Waals surface area contributed by atoms with Crippen molar-refractivity contribution < 1.29 is 4.79 Å². The number of rotatable bonds is 6. The molecule has 0 radical (unpaired) electrons. The fraction of sp³-hybridized carbons (Fsp3) is 0.406. The lowest BCUT2D eigenvalue weighted by molar-refractivity contribution is 0.0952. The molecular weight excluding hydrogens is 500 g/mol. The fourth-order valence-electron chi connectivity index (χ4n) is 5.98. The summed E-state index contributed by atoms with van der Waals surface area (Å²) in [6, 6.07) is 11.2. The van der Waals surface area contributed by atoms with E-state index >= 15 is 0 Å². The minimum absolute atomic E-state index is 0.160. The van der Waals surface area contributed by atoms with Crippen molar-refractivity contribution in [2.75, 3.05) is 18.0 Å². The Kier molecular flexibility index (Phi) is 7.55. The van der Waals surface area contributed by atoms with Crippen LogP contribution in [0, 0.1) is 20.8 Å². The van der Waals surface area contributed by atoms with Gasteiger partial charge < -0.3 is 25.1 Å². The van der Waals surface area contributed by atoms with Gasteiger partial charge in [0.1, 0.15) is 5.82 Å². The molecule has 0 bridgehead atoms. The van der Waals surface area contributed by atoms with Gasteiger partial charge in [0, 0.05) is 83.4 Å². The maximum atomic E-state index is 13.7. The van der Waals surface area contributed by atoms with Gasteiger partial charge >= 0.3 is 0 Å². The molecule has 0 aliphatic carbocycles. The Hall–Kier alpha value is -3.91. The van der Waals surface area contributed by atoms with Gasteiger partial charge in [0.15, 0.2) is 0 Å². The number of anilines is 1. The summed E-state index contributed by atoms with van der Waals surface area (Å²) < 4.78 is 2.21. The highest BCUT2D eigenvalue weighted by atomic mass is 16.1. The summed E-state index contributed by atoms with van der Waals surface area (Å²) in [5.41, 5.74) is 6.60. The Balaban J connectivity index is 1.52. The van der Waals surface area contributed by atoms with E-state index in [4.69, 9.17) is 4.98 Å². The standard InChI is InChI=1S/C32H40N6O2/c1-18(2)38-15-20(4)30-26(31(39)34-14-27-19(3)10-21(5)36-32(27)40)11-25(12-28(30)38)24-8-9-29(33-13-24)37-16-22(6)35-23(7)17-37/h8-13,15,18,22-23,35H,14,16-17H2,1-7H3,(H,34,39)(H,36,40)/t22-,23?/m1/s1. The van der Waals surface area contributed by atoms with E-state index in [9.17, 15) is 9.59 Å². The number of hydrogen-bond acceptors (Lipinski definition) is 5. The molecule has 2 atom stereocenters. The molecule has 1 aliphatic rings. The fourth-order valence-corrected chi connectivity index (χ4v) is 5.98. The smallest absolute Gasteiger partial charge is 0.253 e. The quantitative estimate of drug-likeness (QED) is 0.319. The number of pyridine rings is 2. The molecule has 1 unspecified atom stereocenters. The van der Waals surface area contributed by atoms with Crippen molar-refractivity contribution in [2.45, 2.75) is 73.1 Å². The number of benzene rings is 1. The Morgan fingerprint density at radius 2 is 1.77 bits per heavy atom. The van der Waals surface area contributed by atoms with Crippen LogP contribution >= 0.6 is 0 Å². The number of amides is 1. The first-order valence-electron chi connectivity index (χ1n) is 14.1. The zero-order valence-electron chi connectivity index (χ0n) is 24.6. The number of aryl methyl sites for hydroxylation is 3. The van der Waals surface area contributed by atoms with Crippen molar-refractivity contribution >= 4 is 22.6 Å². The lowest BCUT2D eigenvalue weighted by Crippen LogP contribution is -2.54. The predicted molar refractivity (Wildman–Crippen MR) is 162 cm³/mol. The van der Waals surface area contributed by atoms with Gasteiger partial charge in [-0.1, -0.05) is 0 Å². The van der Waals surface area contributed by atoms with Crippen LogP contribution in [-0.4, -0.2) is 45.6 Å². The number of carbonyl (C=O) groups is 1.